The number of hydrogen-bond donors (Lipinski definition) is 0. The summed E-state index contributed by atoms with van der Waals surface area (Å²) < 4.78 is 30.0. The number of hydrogen-bond acceptors (Lipinski definition) is 9. The van der Waals surface area contributed by atoms with Crippen molar-refractivity contribution in [2.24, 2.45) is 0 Å². The lowest BCUT2D eigenvalue weighted by atomic mass is 9.90. The standard InChI is InChI=1S/C28H30BrIO9/c1-14-8-21(29)7-6-19(14)9-20-10-23(25(12-24(20)30)36-16(3)32)27-28(38-18(5)34)26(37-17(4)33)11-22(39-27)13-35-15(2)31/h6-8,10,12,22,26-28H,9,11,13H2,1-5H3/t22-,26-,27-,28+/m0/s1. The lowest BCUT2D eigenvalue weighted by Gasteiger charge is -2.41. The Balaban J connectivity index is 2.14. The molecular weight excluding hydrogens is 687 g/mol. The topological polar surface area (TPSA) is 114 Å². The number of esters is 4. The third-order valence-electron chi connectivity index (χ3n) is 6.02. The van der Waals surface area contributed by atoms with Crippen molar-refractivity contribution in [3.63, 3.8) is 0 Å². The van der Waals surface area contributed by atoms with E-state index in [0.29, 0.717) is 12.0 Å². The molecule has 11 heteroatoms. The van der Waals surface area contributed by atoms with Crippen molar-refractivity contribution in [1.29, 1.82) is 0 Å². The molecule has 3 rings (SSSR count). The molecule has 0 amide bonds. The number of benzene rings is 2. The lowest BCUT2D eigenvalue weighted by Crippen LogP contribution is -2.49. The average Bonchev–Trinajstić information content (AvgIpc) is 2.81. The molecule has 0 saturated carbocycles. The highest BCUT2D eigenvalue weighted by atomic mass is 127. The minimum Gasteiger partial charge on any atom is -0.463 e. The molecule has 0 N–H and O–H groups in total. The minimum atomic E-state index is -1.04. The number of aryl methyl sites for hydroxylation is 1. The minimum absolute atomic E-state index is 0.103. The van der Waals surface area contributed by atoms with E-state index in [-0.39, 0.29) is 18.8 Å². The largest absolute Gasteiger partial charge is 0.463 e. The normalized spacial score (nSPS) is 20.6. The van der Waals surface area contributed by atoms with Gasteiger partial charge in [0.1, 0.15) is 24.6 Å². The van der Waals surface area contributed by atoms with Gasteiger partial charge in [0.15, 0.2) is 6.10 Å². The highest BCUT2D eigenvalue weighted by Crippen LogP contribution is 2.41. The average molecular weight is 717 g/mol. The SMILES string of the molecule is CC(=O)OC[C@@H]1C[C@H](OC(C)=O)[C@@H](OC(C)=O)[C@H](c2cc(Cc3ccc(Br)cc3C)c(I)cc2OC(C)=O)O1. The van der Waals surface area contributed by atoms with Gasteiger partial charge in [-0.1, -0.05) is 22.0 Å². The number of ether oxygens (including phenoxy) is 5. The Hall–Kier alpha value is -2.51. The van der Waals surface area contributed by atoms with Gasteiger partial charge in [-0.2, -0.15) is 0 Å². The Kier molecular flexibility index (Phi) is 10.9. The molecule has 1 aliphatic rings. The predicted octanol–water partition coefficient (Wildman–Crippen LogP) is 5.13. The summed E-state index contributed by atoms with van der Waals surface area (Å²) in [4.78, 5) is 47.6. The van der Waals surface area contributed by atoms with Crippen molar-refractivity contribution < 1.29 is 42.9 Å². The summed E-state index contributed by atoms with van der Waals surface area (Å²) in [5, 5.41) is 0. The molecule has 2 aromatic rings. The van der Waals surface area contributed by atoms with Crippen molar-refractivity contribution in [3.05, 3.63) is 60.6 Å². The Bertz CT molecular complexity index is 1260. The van der Waals surface area contributed by atoms with Crippen LogP contribution in [-0.4, -0.2) is 48.8 Å². The van der Waals surface area contributed by atoms with Gasteiger partial charge in [-0.3, -0.25) is 19.2 Å². The maximum absolute atomic E-state index is 12.1. The Morgan fingerprint density at radius 3 is 2.23 bits per heavy atom. The number of halogens is 2. The fraction of sp³-hybridized carbons (Fsp3) is 0.429. The van der Waals surface area contributed by atoms with E-state index in [9.17, 15) is 19.2 Å². The molecule has 2 aromatic carbocycles. The third kappa shape index (κ3) is 8.74. The Morgan fingerprint density at radius 1 is 0.949 bits per heavy atom. The number of carbonyl (C=O) groups excluding carboxylic acids is 4. The molecule has 1 saturated heterocycles. The molecule has 9 nitrogen and oxygen atoms in total. The molecule has 0 aromatic heterocycles. The fourth-order valence-corrected chi connectivity index (χ4v) is 5.54. The molecule has 0 unspecified atom stereocenters. The molecule has 210 valence electrons. The van der Waals surface area contributed by atoms with Gasteiger partial charge < -0.3 is 23.7 Å². The van der Waals surface area contributed by atoms with Crippen molar-refractivity contribution in [2.75, 3.05) is 6.61 Å². The van der Waals surface area contributed by atoms with E-state index in [2.05, 4.69) is 38.5 Å². The first-order valence-electron chi connectivity index (χ1n) is 12.2. The first-order chi connectivity index (χ1) is 18.3. The van der Waals surface area contributed by atoms with Crippen LogP contribution < -0.4 is 4.74 Å². The van der Waals surface area contributed by atoms with Crippen molar-refractivity contribution in [2.45, 2.75) is 71.9 Å². The first-order valence-corrected chi connectivity index (χ1v) is 14.1. The number of rotatable bonds is 8. The van der Waals surface area contributed by atoms with E-state index in [4.69, 9.17) is 23.7 Å². The van der Waals surface area contributed by atoms with Crippen LogP contribution in [0.2, 0.25) is 0 Å². The molecule has 4 atom stereocenters. The third-order valence-corrected chi connectivity index (χ3v) is 7.51. The maximum atomic E-state index is 12.1. The first kappa shape index (κ1) is 31.0. The Morgan fingerprint density at radius 2 is 1.64 bits per heavy atom. The summed E-state index contributed by atoms with van der Waals surface area (Å²) in [5.74, 6) is -1.99. The van der Waals surface area contributed by atoms with Gasteiger partial charge in [0, 0.05) is 47.7 Å². The van der Waals surface area contributed by atoms with Gasteiger partial charge in [-0.05, 0) is 76.9 Å². The highest BCUT2D eigenvalue weighted by molar-refractivity contribution is 14.1. The van der Waals surface area contributed by atoms with Crippen LogP contribution in [0.1, 0.15) is 62.5 Å². The quantitative estimate of drug-likeness (QED) is 0.159. The van der Waals surface area contributed by atoms with Crippen molar-refractivity contribution in [3.8, 4) is 5.75 Å². The maximum Gasteiger partial charge on any atom is 0.308 e. The Labute approximate surface area is 249 Å². The monoisotopic (exact) mass is 716 g/mol. The fourth-order valence-electron chi connectivity index (χ4n) is 4.44. The van der Waals surface area contributed by atoms with Crippen molar-refractivity contribution >= 4 is 62.4 Å². The number of carbonyl (C=O) groups is 4. The summed E-state index contributed by atoms with van der Waals surface area (Å²) in [7, 11) is 0. The molecule has 1 aliphatic heterocycles. The smallest absolute Gasteiger partial charge is 0.308 e. The molecule has 0 aliphatic carbocycles. The zero-order valence-corrected chi connectivity index (χ0v) is 26.0. The van der Waals surface area contributed by atoms with Gasteiger partial charge in [0.05, 0.1) is 6.10 Å². The van der Waals surface area contributed by atoms with Crippen LogP contribution in [0.15, 0.2) is 34.8 Å². The van der Waals surface area contributed by atoms with Crippen LogP contribution in [0.4, 0.5) is 0 Å². The molecule has 0 radical (unpaired) electrons. The molecule has 1 fully saturated rings. The summed E-state index contributed by atoms with van der Waals surface area (Å²) in [6.45, 7) is 6.98. The van der Waals surface area contributed by atoms with Crippen LogP contribution in [-0.2, 0) is 44.5 Å². The molecule has 1 heterocycles. The van der Waals surface area contributed by atoms with Crippen LogP contribution >= 0.6 is 38.5 Å². The van der Waals surface area contributed by atoms with Gasteiger partial charge >= 0.3 is 23.9 Å². The van der Waals surface area contributed by atoms with Gasteiger partial charge in [-0.25, -0.2) is 0 Å². The zero-order valence-electron chi connectivity index (χ0n) is 22.2. The van der Waals surface area contributed by atoms with Crippen LogP contribution in [0.5, 0.6) is 5.75 Å². The van der Waals surface area contributed by atoms with Crippen LogP contribution in [0.25, 0.3) is 0 Å². The van der Waals surface area contributed by atoms with Gasteiger partial charge in [-0.15, -0.1) is 0 Å². The second-order valence-electron chi connectivity index (χ2n) is 9.26. The van der Waals surface area contributed by atoms with Crippen LogP contribution in [0, 0.1) is 10.5 Å². The van der Waals surface area contributed by atoms with Gasteiger partial charge in [0.2, 0.25) is 0 Å². The van der Waals surface area contributed by atoms with E-state index in [1.165, 1.54) is 27.7 Å². The molecule has 0 spiro atoms. The molecular formula is C28H30BrIO9. The summed E-state index contributed by atoms with van der Waals surface area (Å²) in [5.41, 5.74) is 3.54. The van der Waals surface area contributed by atoms with Gasteiger partial charge in [0.25, 0.3) is 0 Å². The van der Waals surface area contributed by atoms with Crippen molar-refractivity contribution in [1.82, 2.24) is 0 Å². The second-order valence-corrected chi connectivity index (χ2v) is 11.3. The summed E-state index contributed by atoms with van der Waals surface area (Å²) in [6, 6.07) is 9.60. The molecule has 0 bridgehead atoms. The predicted molar refractivity (Wildman–Crippen MR) is 152 cm³/mol. The van der Waals surface area contributed by atoms with E-state index in [0.717, 1.165) is 24.7 Å². The highest BCUT2D eigenvalue weighted by Gasteiger charge is 2.45. The van der Waals surface area contributed by atoms with E-state index in [1.807, 2.05) is 31.2 Å². The lowest BCUT2D eigenvalue weighted by molar-refractivity contribution is -0.214. The second kappa shape index (κ2) is 13.7. The molecule has 39 heavy (non-hydrogen) atoms. The zero-order chi connectivity index (χ0) is 28.9. The van der Waals surface area contributed by atoms with E-state index in [1.54, 1.807) is 6.07 Å². The van der Waals surface area contributed by atoms with E-state index < -0.39 is 48.3 Å². The van der Waals surface area contributed by atoms with E-state index >= 15 is 0 Å². The summed E-state index contributed by atoms with van der Waals surface area (Å²) in [6.07, 6.45) is -2.93. The summed E-state index contributed by atoms with van der Waals surface area (Å²) >= 11 is 5.67. The van der Waals surface area contributed by atoms with Crippen LogP contribution in [0.3, 0.4) is 0 Å².